The number of methoxy groups -OCH3 is 1. The molecule has 1 aromatic heterocycles. The third-order valence-electron chi connectivity index (χ3n) is 6.41. The number of aliphatic hydroxyl groups is 1. The van der Waals surface area contributed by atoms with Crippen LogP contribution in [0, 0.1) is 11.8 Å². The number of aromatic nitrogens is 2. The fourth-order valence-corrected chi connectivity index (χ4v) is 4.72. The van der Waals surface area contributed by atoms with Crippen LogP contribution in [-0.2, 0) is 11.3 Å². The molecule has 0 aliphatic carbocycles. The van der Waals surface area contributed by atoms with E-state index >= 15 is 0 Å². The monoisotopic (exact) mass is 444 g/mol. The Morgan fingerprint density at radius 1 is 1.31 bits per heavy atom. The lowest BCUT2D eigenvalue weighted by Gasteiger charge is -2.40. The summed E-state index contributed by atoms with van der Waals surface area (Å²) in [7, 11) is 1.71. The van der Waals surface area contributed by atoms with Crippen molar-refractivity contribution in [2.75, 3.05) is 33.4 Å². The van der Waals surface area contributed by atoms with Gasteiger partial charge in [-0.25, -0.2) is 4.98 Å². The van der Waals surface area contributed by atoms with Gasteiger partial charge in [-0.05, 0) is 49.7 Å². The van der Waals surface area contributed by atoms with Gasteiger partial charge in [0.2, 0.25) is 0 Å². The maximum absolute atomic E-state index is 13.9. The number of carbonyl (C=O) groups excluding carboxylic acids is 1. The summed E-state index contributed by atoms with van der Waals surface area (Å²) < 4.78 is 7.28. The molecule has 0 spiro atoms. The summed E-state index contributed by atoms with van der Waals surface area (Å²) in [5.41, 5.74) is 1.85. The first-order chi connectivity index (χ1) is 15.5. The normalized spacial score (nSPS) is 20.1. The van der Waals surface area contributed by atoms with Crippen LogP contribution in [0.3, 0.4) is 0 Å². The third kappa shape index (κ3) is 5.88. The molecule has 1 amide bonds. The number of para-hydroxylation sites is 2. The van der Waals surface area contributed by atoms with Gasteiger partial charge in [0.05, 0.1) is 17.1 Å². The average Bonchev–Trinajstić information content (AvgIpc) is 3.18. The Balaban J connectivity index is 1.90. The molecule has 0 radical (unpaired) electrons. The summed E-state index contributed by atoms with van der Waals surface area (Å²) in [5.74, 6) is 1.01. The number of aliphatic hydroxyl groups excluding tert-OH is 1. The van der Waals surface area contributed by atoms with Crippen molar-refractivity contribution in [3.8, 4) is 0 Å². The maximum atomic E-state index is 13.9. The number of carbonyl (C=O) groups is 1. The Bertz CT molecular complexity index is 866. The molecule has 178 valence electrons. The van der Waals surface area contributed by atoms with E-state index in [1.807, 2.05) is 36.1 Å². The number of piperidine rings is 1. The number of hydrogen-bond donors (Lipinski definition) is 2. The minimum atomic E-state index is -0.341. The number of rotatable bonds is 11. The van der Waals surface area contributed by atoms with Gasteiger partial charge in [0.1, 0.15) is 0 Å². The van der Waals surface area contributed by atoms with Crippen LogP contribution in [0.2, 0.25) is 0 Å². The Morgan fingerprint density at radius 2 is 2.09 bits per heavy atom. The van der Waals surface area contributed by atoms with E-state index in [0.29, 0.717) is 24.9 Å². The van der Waals surface area contributed by atoms with Crippen molar-refractivity contribution in [3.05, 3.63) is 30.1 Å². The SMILES string of the molecule is CC[C@H](O)[C@H]1CNC[C@@H](N(CC(C)C)C(=O)c2nc3ccccc3n2CCCCOC)C1. The van der Waals surface area contributed by atoms with Crippen LogP contribution in [0.25, 0.3) is 11.0 Å². The number of nitrogens with one attached hydrogen (secondary N) is 1. The van der Waals surface area contributed by atoms with Gasteiger partial charge < -0.3 is 24.6 Å². The van der Waals surface area contributed by atoms with E-state index in [1.54, 1.807) is 7.11 Å². The van der Waals surface area contributed by atoms with Gasteiger partial charge in [-0.15, -0.1) is 0 Å². The number of amides is 1. The van der Waals surface area contributed by atoms with Crippen molar-refractivity contribution in [1.29, 1.82) is 0 Å². The number of benzene rings is 1. The summed E-state index contributed by atoms with van der Waals surface area (Å²) >= 11 is 0. The second-order valence-electron chi connectivity index (χ2n) is 9.41. The number of aryl methyl sites for hydroxylation is 1. The van der Waals surface area contributed by atoms with Crippen LogP contribution >= 0.6 is 0 Å². The molecule has 2 aromatic rings. The molecule has 3 atom stereocenters. The molecule has 1 aliphatic heterocycles. The molecular formula is C25H40N4O3. The van der Waals surface area contributed by atoms with Crippen molar-refractivity contribution in [3.63, 3.8) is 0 Å². The highest BCUT2D eigenvalue weighted by Crippen LogP contribution is 2.25. The lowest BCUT2D eigenvalue weighted by atomic mass is 9.88. The van der Waals surface area contributed by atoms with Crippen LogP contribution in [0.15, 0.2) is 24.3 Å². The van der Waals surface area contributed by atoms with Crippen LogP contribution in [0.5, 0.6) is 0 Å². The highest BCUT2D eigenvalue weighted by molar-refractivity contribution is 5.95. The fourth-order valence-electron chi connectivity index (χ4n) is 4.72. The van der Waals surface area contributed by atoms with Crippen molar-refractivity contribution in [2.24, 2.45) is 11.8 Å². The molecule has 0 saturated carbocycles. The smallest absolute Gasteiger partial charge is 0.290 e. The number of ether oxygens (including phenoxy) is 1. The number of imidazole rings is 1. The van der Waals surface area contributed by atoms with E-state index in [2.05, 4.69) is 23.7 Å². The van der Waals surface area contributed by atoms with E-state index in [9.17, 15) is 9.90 Å². The lowest BCUT2D eigenvalue weighted by Crippen LogP contribution is -2.54. The van der Waals surface area contributed by atoms with Crippen LogP contribution in [0.4, 0.5) is 0 Å². The van der Waals surface area contributed by atoms with Gasteiger partial charge in [-0.2, -0.15) is 0 Å². The van der Waals surface area contributed by atoms with Crippen LogP contribution in [0.1, 0.15) is 57.1 Å². The zero-order chi connectivity index (χ0) is 23.1. The van der Waals surface area contributed by atoms with Crippen molar-refractivity contribution >= 4 is 16.9 Å². The molecular weight excluding hydrogens is 404 g/mol. The molecule has 2 heterocycles. The molecule has 2 N–H and O–H groups in total. The van der Waals surface area contributed by atoms with Gasteiger partial charge in [-0.1, -0.05) is 32.9 Å². The number of unbranched alkanes of at least 4 members (excludes halogenated alkanes) is 1. The Morgan fingerprint density at radius 3 is 2.81 bits per heavy atom. The first-order valence-corrected chi connectivity index (χ1v) is 12.1. The highest BCUT2D eigenvalue weighted by Gasteiger charge is 2.34. The van der Waals surface area contributed by atoms with E-state index in [1.165, 1.54) is 0 Å². The van der Waals surface area contributed by atoms with E-state index in [0.717, 1.165) is 56.4 Å². The number of nitrogens with zero attached hydrogens (tertiary/aromatic N) is 3. The summed E-state index contributed by atoms with van der Waals surface area (Å²) in [6.45, 7) is 9.97. The minimum Gasteiger partial charge on any atom is -0.393 e. The lowest BCUT2D eigenvalue weighted by molar-refractivity contribution is 0.0383. The Hall–Kier alpha value is -1.96. The van der Waals surface area contributed by atoms with Gasteiger partial charge in [-0.3, -0.25) is 4.79 Å². The average molecular weight is 445 g/mol. The van der Waals surface area contributed by atoms with Crippen molar-refractivity contribution < 1.29 is 14.6 Å². The molecule has 1 aliphatic rings. The summed E-state index contributed by atoms with van der Waals surface area (Å²) in [5, 5.41) is 13.9. The van der Waals surface area contributed by atoms with Gasteiger partial charge in [0.15, 0.2) is 5.82 Å². The van der Waals surface area contributed by atoms with Crippen LogP contribution < -0.4 is 5.32 Å². The summed E-state index contributed by atoms with van der Waals surface area (Å²) in [6, 6.07) is 8.02. The topological polar surface area (TPSA) is 79.6 Å². The Labute approximate surface area is 192 Å². The second-order valence-corrected chi connectivity index (χ2v) is 9.41. The molecule has 32 heavy (non-hydrogen) atoms. The standard InChI is InChI=1S/C25H40N4O3/c1-5-23(30)19-14-20(16-26-15-19)29(17-18(2)3)25(31)24-27-21-10-6-7-11-22(21)28(24)12-8-9-13-32-4/h6-7,10-11,18-20,23,26,30H,5,8-9,12-17H2,1-4H3/t19-,20+,23+/m1/s1. The second kappa shape index (κ2) is 11.8. The van der Waals surface area contributed by atoms with Gasteiger partial charge in [0, 0.05) is 45.9 Å². The zero-order valence-corrected chi connectivity index (χ0v) is 20.1. The van der Waals surface area contributed by atoms with E-state index < -0.39 is 0 Å². The molecule has 3 rings (SSSR count). The first-order valence-electron chi connectivity index (χ1n) is 12.1. The maximum Gasteiger partial charge on any atom is 0.290 e. The largest absolute Gasteiger partial charge is 0.393 e. The molecule has 7 nitrogen and oxygen atoms in total. The zero-order valence-electron chi connectivity index (χ0n) is 20.1. The van der Waals surface area contributed by atoms with Gasteiger partial charge in [0.25, 0.3) is 5.91 Å². The summed E-state index contributed by atoms with van der Waals surface area (Å²) in [6.07, 6.45) is 3.07. The highest BCUT2D eigenvalue weighted by atomic mass is 16.5. The first kappa shape index (κ1) is 24.7. The molecule has 0 unspecified atom stereocenters. The molecule has 0 bridgehead atoms. The molecule has 7 heteroatoms. The molecule has 1 aromatic carbocycles. The predicted molar refractivity (Wildman–Crippen MR) is 128 cm³/mol. The van der Waals surface area contributed by atoms with Crippen molar-refractivity contribution in [2.45, 2.75) is 65.1 Å². The predicted octanol–water partition coefficient (Wildman–Crippen LogP) is 3.31. The fraction of sp³-hybridized carbons (Fsp3) is 0.680. The molecule has 1 saturated heterocycles. The number of hydrogen-bond acceptors (Lipinski definition) is 5. The van der Waals surface area contributed by atoms with Gasteiger partial charge >= 0.3 is 0 Å². The third-order valence-corrected chi connectivity index (χ3v) is 6.41. The van der Waals surface area contributed by atoms with Crippen LogP contribution in [-0.4, -0.2) is 71.0 Å². The van der Waals surface area contributed by atoms with E-state index in [-0.39, 0.29) is 24.0 Å². The quantitative estimate of drug-likeness (QED) is 0.520. The van der Waals surface area contributed by atoms with E-state index in [4.69, 9.17) is 9.72 Å². The Kier molecular flexibility index (Phi) is 9.08. The molecule has 1 fully saturated rings. The summed E-state index contributed by atoms with van der Waals surface area (Å²) in [4.78, 5) is 20.7. The van der Waals surface area contributed by atoms with Crippen molar-refractivity contribution in [1.82, 2.24) is 19.8 Å². The minimum absolute atomic E-state index is 0.0138. The number of fused-ring (bicyclic) bond motifs is 1.